The summed E-state index contributed by atoms with van der Waals surface area (Å²) in [6, 6.07) is 12.4. The van der Waals surface area contributed by atoms with Gasteiger partial charge in [-0.05, 0) is 24.3 Å². The van der Waals surface area contributed by atoms with Gasteiger partial charge in [-0.3, -0.25) is 0 Å². The van der Waals surface area contributed by atoms with E-state index in [2.05, 4.69) is 20.7 Å². The number of benzene rings is 2. The maximum atomic E-state index is 11.8. The molecule has 0 fully saturated rings. The fourth-order valence-electron chi connectivity index (χ4n) is 1.59. The second kappa shape index (κ2) is 6.06. The zero-order valence-electron chi connectivity index (χ0n) is 10.3. The van der Waals surface area contributed by atoms with Crippen LogP contribution in [0.25, 0.3) is 10.5 Å². The van der Waals surface area contributed by atoms with Gasteiger partial charge in [0.2, 0.25) is 5.39 Å². The number of carbonyl (C=O) groups excluding carboxylic acids is 1. The van der Waals surface area contributed by atoms with Crippen LogP contribution >= 0.6 is 0 Å². The van der Waals surface area contributed by atoms with Gasteiger partial charge in [0.25, 0.3) is 0 Å². The third-order valence-electron chi connectivity index (χ3n) is 2.44. The molecule has 2 aromatic carbocycles. The van der Waals surface area contributed by atoms with Gasteiger partial charge in [0.15, 0.2) is 4.98 Å². The largest absolute Gasteiger partial charge is 0.706 e. The lowest BCUT2D eigenvalue weighted by atomic mass is 10.3. The van der Waals surface area contributed by atoms with E-state index < -0.39 is 6.03 Å². The molecule has 0 saturated carbocycles. The number of hydrogen-bond donors (Lipinski definition) is 2. The Hall–Kier alpha value is -3.27. The van der Waals surface area contributed by atoms with Gasteiger partial charge in [-0.1, -0.05) is 12.1 Å². The summed E-state index contributed by atoms with van der Waals surface area (Å²) in [4.78, 5) is 14.8. The average Bonchev–Trinajstić information content (AvgIpc) is 2.47. The second-order valence-electron chi connectivity index (χ2n) is 3.88. The molecule has 0 aliphatic rings. The third kappa shape index (κ3) is 3.36. The number of nitrogens with one attached hydrogen (secondary N) is 2. The lowest BCUT2D eigenvalue weighted by Gasteiger charge is -2.08. The topological polar surface area (TPSA) is 104 Å². The SMILES string of the molecule is N#[N+]c1cccc(NC(=O)Nc2cccc(N=[N-])c2)c1. The Bertz CT molecular complexity index is 691. The number of amides is 2. The van der Waals surface area contributed by atoms with Gasteiger partial charge in [-0.15, -0.1) is 0 Å². The summed E-state index contributed by atoms with van der Waals surface area (Å²) >= 11 is 0. The van der Waals surface area contributed by atoms with Crippen molar-refractivity contribution >= 4 is 28.8 Å². The Kier molecular flexibility index (Phi) is 3.99. The van der Waals surface area contributed by atoms with E-state index in [-0.39, 0.29) is 0 Å². The maximum absolute atomic E-state index is 11.8. The van der Waals surface area contributed by atoms with Crippen LogP contribution in [0, 0.1) is 5.39 Å². The van der Waals surface area contributed by atoms with Crippen LogP contribution in [-0.4, -0.2) is 6.03 Å². The number of carbonyl (C=O) groups is 1. The highest BCUT2D eigenvalue weighted by atomic mass is 16.2. The first kappa shape index (κ1) is 13.2. The smallest absolute Gasteiger partial charge is 0.387 e. The average molecular weight is 266 g/mol. The van der Waals surface area contributed by atoms with Crippen LogP contribution in [0.3, 0.4) is 0 Å². The molecule has 0 bridgehead atoms. The second-order valence-corrected chi connectivity index (χ2v) is 3.88. The molecular formula is C13H10N6O. The standard InChI is InChI=1S/C13H10N6O/c14-18-11-5-1-3-9(7-11)16-13(20)17-10-4-2-6-12(8-10)19-15/h1-8H,(H2,16,17,20). The van der Waals surface area contributed by atoms with Crippen LogP contribution in [0.1, 0.15) is 0 Å². The summed E-state index contributed by atoms with van der Waals surface area (Å²) in [5.74, 6) is 0. The molecule has 7 nitrogen and oxygen atoms in total. The van der Waals surface area contributed by atoms with Gasteiger partial charge in [0.05, 0.1) is 11.8 Å². The molecule has 0 radical (unpaired) electrons. The van der Waals surface area contributed by atoms with Crippen molar-refractivity contribution in [1.82, 2.24) is 0 Å². The summed E-state index contributed by atoms with van der Waals surface area (Å²) in [5.41, 5.74) is 10.3. The summed E-state index contributed by atoms with van der Waals surface area (Å²) in [7, 11) is 0. The third-order valence-corrected chi connectivity index (χ3v) is 2.44. The van der Waals surface area contributed by atoms with E-state index in [1.165, 1.54) is 12.1 Å². The molecule has 0 unspecified atom stereocenters. The van der Waals surface area contributed by atoms with Crippen LogP contribution in [-0.2, 0) is 0 Å². The predicted molar refractivity (Wildman–Crippen MR) is 75.7 cm³/mol. The Morgan fingerprint density at radius 3 is 2.40 bits per heavy atom. The van der Waals surface area contributed by atoms with E-state index in [0.29, 0.717) is 22.7 Å². The van der Waals surface area contributed by atoms with E-state index in [4.69, 9.17) is 10.9 Å². The Morgan fingerprint density at radius 1 is 1.10 bits per heavy atom. The quantitative estimate of drug-likeness (QED) is 0.632. The van der Waals surface area contributed by atoms with E-state index in [1.54, 1.807) is 36.4 Å². The van der Waals surface area contributed by atoms with Crippen LogP contribution in [0.4, 0.5) is 27.5 Å². The molecule has 0 aliphatic heterocycles. The number of urea groups is 1. The van der Waals surface area contributed by atoms with Gasteiger partial charge < -0.3 is 21.3 Å². The van der Waals surface area contributed by atoms with Crippen molar-refractivity contribution in [3.63, 3.8) is 0 Å². The molecular weight excluding hydrogens is 256 g/mol. The molecule has 7 heteroatoms. The van der Waals surface area contributed by atoms with Gasteiger partial charge in [0, 0.05) is 17.4 Å². The van der Waals surface area contributed by atoms with Crippen molar-refractivity contribution in [1.29, 1.82) is 5.39 Å². The van der Waals surface area contributed by atoms with Crippen LogP contribution < -0.4 is 10.6 Å². The summed E-state index contributed by atoms with van der Waals surface area (Å²) in [6.07, 6.45) is 0. The molecule has 2 N–H and O–H groups in total. The van der Waals surface area contributed by atoms with E-state index in [0.717, 1.165) is 0 Å². The van der Waals surface area contributed by atoms with Gasteiger partial charge in [0.1, 0.15) is 0 Å². The molecule has 2 aromatic rings. The summed E-state index contributed by atoms with van der Waals surface area (Å²) in [5, 5.41) is 16.9. The minimum atomic E-state index is -0.463. The normalized spacial score (nSPS) is 9.35. The van der Waals surface area contributed by atoms with E-state index in [9.17, 15) is 4.79 Å². The molecule has 0 heterocycles. The van der Waals surface area contributed by atoms with E-state index >= 15 is 0 Å². The first-order valence-corrected chi connectivity index (χ1v) is 5.69. The van der Waals surface area contributed by atoms with Crippen LogP contribution in [0.5, 0.6) is 0 Å². The summed E-state index contributed by atoms with van der Waals surface area (Å²) < 4.78 is 0. The van der Waals surface area contributed by atoms with Crippen molar-refractivity contribution in [2.45, 2.75) is 0 Å². The number of hydrogen-bond acceptors (Lipinski definition) is 3. The molecule has 98 valence electrons. The predicted octanol–water partition coefficient (Wildman–Crippen LogP) is 4.47. The minimum Gasteiger partial charge on any atom is -0.706 e. The number of nitrogens with zero attached hydrogens (tertiary/aromatic N) is 4. The molecule has 0 aromatic heterocycles. The van der Waals surface area contributed by atoms with Gasteiger partial charge in [-0.25, -0.2) is 4.79 Å². The first-order valence-electron chi connectivity index (χ1n) is 5.69. The molecule has 0 saturated heterocycles. The minimum absolute atomic E-state index is 0.337. The van der Waals surface area contributed by atoms with Crippen molar-refractivity contribution in [2.75, 3.05) is 10.6 Å². The highest BCUT2D eigenvalue weighted by Gasteiger charge is 2.07. The number of diazo groups is 1. The molecule has 0 atom stereocenters. The highest BCUT2D eigenvalue weighted by molar-refractivity contribution is 6.00. The van der Waals surface area contributed by atoms with Crippen molar-refractivity contribution in [2.24, 2.45) is 5.11 Å². The van der Waals surface area contributed by atoms with Crippen LogP contribution in [0.2, 0.25) is 0 Å². The number of anilines is 2. The van der Waals surface area contributed by atoms with Gasteiger partial charge in [-0.2, -0.15) is 0 Å². The monoisotopic (exact) mass is 266 g/mol. The zero-order valence-corrected chi connectivity index (χ0v) is 10.3. The molecule has 0 spiro atoms. The lowest BCUT2D eigenvalue weighted by Crippen LogP contribution is -2.19. The van der Waals surface area contributed by atoms with Crippen molar-refractivity contribution < 1.29 is 4.79 Å². The highest BCUT2D eigenvalue weighted by Crippen LogP contribution is 2.19. The van der Waals surface area contributed by atoms with Crippen LogP contribution in [0.15, 0.2) is 53.6 Å². The Balaban J connectivity index is 2.05. The van der Waals surface area contributed by atoms with Gasteiger partial charge >= 0.3 is 11.7 Å². The fraction of sp³-hybridized carbons (Fsp3) is 0. The Morgan fingerprint density at radius 2 is 1.75 bits per heavy atom. The fourth-order valence-corrected chi connectivity index (χ4v) is 1.59. The number of rotatable bonds is 3. The Labute approximate surface area is 114 Å². The van der Waals surface area contributed by atoms with E-state index in [1.807, 2.05) is 0 Å². The lowest BCUT2D eigenvalue weighted by molar-refractivity contribution is 0.262. The first-order chi connectivity index (χ1) is 9.71. The molecule has 20 heavy (non-hydrogen) atoms. The molecule has 2 rings (SSSR count). The van der Waals surface area contributed by atoms with Crippen molar-refractivity contribution in [3.05, 3.63) is 59.0 Å². The summed E-state index contributed by atoms with van der Waals surface area (Å²) in [6.45, 7) is 0. The molecule has 0 aliphatic carbocycles. The molecule has 2 amide bonds. The maximum Gasteiger partial charge on any atom is 0.387 e. The zero-order chi connectivity index (χ0) is 14.4. The van der Waals surface area contributed by atoms with Crippen molar-refractivity contribution in [3.8, 4) is 0 Å².